The molecule has 5 nitrogen and oxygen atoms in total. The predicted molar refractivity (Wildman–Crippen MR) is 91.9 cm³/mol. The molecule has 1 aliphatic rings. The van der Waals surface area contributed by atoms with Crippen molar-refractivity contribution in [1.29, 1.82) is 0 Å². The third kappa shape index (κ3) is 3.66. The molecular formula is C16H20FN3O2S2. The standard InChI is InChI=1S/C16H20FN3O2S2/c1-2-16-18-13(12-23-16)11-19-7-9-20(10-8-19)24(21,22)15-6-4-3-5-14(15)17/h3-6,12H,2,7-11H2,1H3. The van der Waals surface area contributed by atoms with Crippen molar-refractivity contribution in [3.8, 4) is 0 Å². The lowest BCUT2D eigenvalue weighted by Gasteiger charge is -2.33. The summed E-state index contributed by atoms with van der Waals surface area (Å²) in [5, 5.41) is 3.17. The summed E-state index contributed by atoms with van der Waals surface area (Å²) in [6, 6.07) is 5.53. The summed E-state index contributed by atoms with van der Waals surface area (Å²) in [5.74, 6) is -0.700. The second-order valence-corrected chi connectivity index (χ2v) is 8.55. The first-order chi connectivity index (χ1) is 11.5. The summed E-state index contributed by atoms with van der Waals surface area (Å²) < 4.78 is 40.3. The fourth-order valence-corrected chi connectivity index (χ4v) is 4.96. The van der Waals surface area contributed by atoms with Gasteiger partial charge in [-0.2, -0.15) is 4.31 Å². The minimum absolute atomic E-state index is 0.245. The molecule has 8 heteroatoms. The molecule has 1 aromatic heterocycles. The molecule has 0 spiro atoms. The van der Waals surface area contributed by atoms with Crippen LogP contribution in [0.1, 0.15) is 17.6 Å². The maximum Gasteiger partial charge on any atom is 0.246 e. The molecular weight excluding hydrogens is 349 g/mol. The van der Waals surface area contributed by atoms with Crippen molar-refractivity contribution in [2.75, 3.05) is 26.2 Å². The van der Waals surface area contributed by atoms with Gasteiger partial charge in [-0.1, -0.05) is 19.1 Å². The van der Waals surface area contributed by atoms with Crippen LogP contribution in [0.2, 0.25) is 0 Å². The van der Waals surface area contributed by atoms with Crippen molar-refractivity contribution >= 4 is 21.4 Å². The molecule has 0 atom stereocenters. The Morgan fingerprint density at radius 3 is 2.54 bits per heavy atom. The number of hydrogen-bond acceptors (Lipinski definition) is 5. The van der Waals surface area contributed by atoms with E-state index in [9.17, 15) is 12.8 Å². The van der Waals surface area contributed by atoms with Crippen molar-refractivity contribution in [3.63, 3.8) is 0 Å². The molecule has 1 aliphatic heterocycles. The second-order valence-electron chi connectivity index (χ2n) is 5.70. The molecule has 0 bridgehead atoms. The van der Waals surface area contributed by atoms with Gasteiger partial charge in [0.25, 0.3) is 0 Å². The van der Waals surface area contributed by atoms with Crippen LogP contribution in [0.4, 0.5) is 4.39 Å². The Morgan fingerprint density at radius 1 is 1.21 bits per heavy atom. The Kier molecular flexibility index (Phi) is 5.29. The van der Waals surface area contributed by atoms with E-state index in [4.69, 9.17) is 0 Å². The molecule has 0 unspecified atom stereocenters. The third-order valence-corrected chi connectivity index (χ3v) is 7.05. The van der Waals surface area contributed by atoms with Crippen LogP contribution < -0.4 is 0 Å². The maximum atomic E-state index is 13.8. The van der Waals surface area contributed by atoms with Gasteiger partial charge in [-0.15, -0.1) is 11.3 Å². The van der Waals surface area contributed by atoms with Gasteiger partial charge in [0.15, 0.2) is 0 Å². The number of piperazine rings is 1. The highest BCUT2D eigenvalue weighted by molar-refractivity contribution is 7.89. The highest BCUT2D eigenvalue weighted by atomic mass is 32.2. The zero-order valence-electron chi connectivity index (χ0n) is 13.5. The van der Waals surface area contributed by atoms with Gasteiger partial charge in [0.05, 0.1) is 10.7 Å². The summed E-state index contributed by atoms with van der Waals surface area (Å²) in [7, 11) is -3.77. The quantitative estimate of drug-likeness (QED) is 0.812. The topological polar surface area (TPSA) is 53.5 Å². The molecule has 1 aromatic carbocycles. The van der Waals surface area contributed by atoms with Crippen LogP contribution >= 0.6 is 11.3 Å². The highest BCUT2D eigenvalue weighted by Gasteiger charge is 2.30. The SMILES string of the molecule is CCc1nc(CN2CCN(S(=O)(=O)c3ccccc3F)CC2)cs1. The Balaban J connectivity index is 1.63. The van der Waals surface area contributed by atoms with Crippen LogP contribution in [0.25, 0.3) is 0 Å². The van der Waals surface area contributed by atoms with Crippen molar-refractivity contribution in [3.05, 3.63) is 46.2 Å². The average molecular weight is 369 g/mol. The fourth-order valence-electron chi connectivity index (χ4n) is 2.73. The van der Waals surface area contributed by atoms with E-state index in [2.05, 4.69) is 22.2 Å². The lowest BCUT2D eigenvalue weighted by molar-refractivity contribution is 0.180. The highest BCUT2D eigenvalue weighted by Crippen LogP contribution is 2.21. The number of hydrogen-bond donors (Lipinski definition) is 0. The van der Waals surface area contributed by atoms with E-state index in [1.165, 1.54) is 22.5 Å². The van der Waals surface area contributed by atoms with E-state index in [-0.39, 0.29) is 4.90 Å². The lowest BCUT2D eigenvalue weighted by atomic mass is 10.3. The van der Waals surface area contributed by atoms with Gasteiger partial charge in [0.1, 0.15) is 10.7 Å². The minimum atomic E-state index is -3.77. The molecule has 0 aliphatic carbocycles. The first-order valence-corrected chi connectivity index (χ1v) is 10.2. The van der Waals surface area contributed by atoms with Gasteiger partial charge < -0.3 is 0 Å². The molecule has 2 heterocycles. The molecule has 0 saturated carbocycles. The fraction of sp³-hybridized carbons (Fsp3) is 0.438. The summed E-state index contributed by atoms with van der Waals surface area (Å²) in [6.45, 7) is 4.77. The van der Waals surface area contributed by atoms with E-state index < -0.39 is 15.8 Å². The van der Waals surface area contributed by atoms with Crippen molar-refractivity contribution in [2.24, 2.45) is 0 Å². The van der Waals surface area contributed by atoms with E-state index in [1.807, 2.05) is 0 Å². The molecule has 2 aromatic rings. The number of rotatable bonds is 5. The van der Waals surface area contributed by atoms with Crippen LogP contribution in [0.3, 0.4) is 0 Å². The van der Waals surface area contributed by atoms with Gasteiger partial charge in [0.2, 0.25) is 10.0 Å². The number of aromatic nitrogens is 1. The summed E-state index contributed by atoms with van der Waals surface area (Å²) in [6.07, 6.45) is 0.930. The van der Waals surface area contributed by atoms with Gasteiger partial charge >= 0.3 is 0 Å². The van der Waals surface area contributed by atoms with E-state index in [0.717, 1.165) is 23.7 Å². The zero-order valence-corrected chi connectivity index (χ0v) is 15.1. The molecule has 0 amide bonds. The van der Waals surface area contributed by atoms with Crippen LogP contribution in [-0.4, -0.2) is 48.8 Å². The van der Waals surface area contributed by atoms with Gasteiger partial charge in [-0.05, 0) is 18.6 Å². The van der Waals surface area contributed by atoms with Crippen LogP contribution in [0.5, 0.6) is 0 Å². The first kappa shape index (κ1) is 17.5. The monoisotopic (exact) mass is 369 g/mol. The largest absolute Gasteiger partial charge is 0.295 e. The zero-order chi connectivity index (χ0) is 17.2. The van der Waals surface area contributed by atoms with Crippen LogP contribution in [0, 0.1) is 5.82 Å². The van der Waals surface area contributed by atoms with Crippen molar-refractivity contribution in [2.45, 2.75) is 24.8 Å². The molecule has 1 fully saturated rings. The number of benzene rings is 1. The first-order valence-electron chi connectivity index (χ1n) is 7.91. The Morgan fingerprint density at radius 2 is 1.92 bits per heavy atom. The smallest absolute Gasteiger partial charge is 0.246 e. The maximum absolute atomic E-state index is 13.8. The normalized spacial score (nSPS) is 17.2. The molecule has 0 radical (unpaired) electrons. The molecule has 3 rings (SSSR count). The van der Waals surface area contributed by atoms with E-state index in [1.54, 1.807) is 17.4 Å². The minimum Gasteiger partial charge on any atom is -0.295 e. The molecule has 24 heavy (non-hydrogen) atoms. The number of halogens is 1. The lowest BCUT2D eigenvalue weighted by Crippen LogP contribution is -2.48. The second kappa shape index (κ2) is 7.26. The Bertz CT molecular complexity index is 799. The Hall–Kier alpha value is -1.35. The third-order valence-electron chi connectivity index (χ3n) is 4.07. The summed E-state index contributed by atoms with van der Waals surface area (Å²) in [5.41, 5.74) is 1.03. The molecule has 130 valence electrons. The van der Waals surface area contributed by atoms with Crippen LogP contribution in [0.15, 0.2) is 34.5 Å². The van der Waals surface area contributed by atoms with Crippen LogP contribution in [-0.2, 0) is 23.0 Å². The predicted octanol–water partition coefficient (Wildman–Crippen LogP) is 2.35. The number of aryl methyl sites for hydroxylation is 1. The molecule has 0 N–H and O–H groups in total. The summed E-state index contributed by atoms with van der Waals surface area (Å²) >= 11 is 1.66. The average Bonchev–Trinajstić information content (AvgIpc) is 3.03. The number of thiazole rings is 1. The summed E-state index contributed by atoms with van der Waals surface area (Å²) in [4.78, 5) is 6.48. The van der Waals surface area contributed by atoms with Gasteiger partial charge in [0, 0.05) is 38.1 Å². The number of sulfonamides is 1. The van der Waals surface area contributed by atoms with Gasteiger partial charge in [-0.25, -0.2) is 17.8 Å². The van der Waals surface area contributed by atoms with Crippen molar-refractivity contribution < 1.29 is 12.8 Å². The van der Waals surface area contributed by atoms with E-state index >= 15 is 0 Å². The Labute approximate surface area is 145 Å². The number of nitrogens with zero attached hydrogens (tertiary/aromatic N) is 3. The van der Waals surface area contributed by atoms with E-state index in [0.29, 0.717) is 26.2 Å². The van der Waals surface area contributed by atoms with Crippen molar-refractivity contribution in [1.82, 2.24) is 14.2 Å². The van der Waals surface area contributed by atoms with Gasteiger partial charge in [-0.3, -0.25) is 4.90 Å². The molecule has 1 saturated heterocycles.